The van der Waals surface area contributed by atoms with Crippen molar-refractivity contribution in [3.05, 3.63) is 24.3 Å². The third kappa shape index (κ3) is 4.10. The largest absolute Gasteiger partial charge is 0.491 e. The molecule has 1 rings (SSSR count). The zero-order valence-corrected chi connectivity index (χ0v) is 11.0. The standard InChI is InChI=1S/C14H18N2O2/c1-11(2)18-13-8-6-12(7-9-13)16(3)14(17)5-4-10-15/h6-9,11H,4-5H2,1-3H3. The molecule has 0 spiro atoms. The van der Waals surface area contributed by atoms with E-state index in [9.17, 15) is 4.79 Å². The van der Waals surface area contributed by atoms with Gasteiger partial charge in [-0.3, -0.25) is 4.79 Å². The Morgan fingerprint density at radius 3 is 2.50 bits per heavy atom. The lowest BCUT2D eigenvalue weighted by Crippen LogP contribution is -2.25. The van der Waals surface area contributed by atoms with Gasteiger partial charge in [0.25, 0.3) is 0 Å². The summed E-state index contributed by atoms with van der Waals surface area (Å²) in [5.41, 5.74) is 0.800. The molecule has 0 fully saturated rings. The minimum Gasteiger partial charge on any atom is -0.491 e. The third-order valence-corrected chi connectivity index (χ3v) is 2.42. The second-order valence-corrected chi connectivity index (χ2v) is 4.27. The predicted octanol–water partition coefficient (Wildman–Crippen LogP) is 2.74. The van der Waals surface area contributed by atoms with Crippen LogP contribution in [0.25, 0.3) is 0 Å². The quantitative estimate of drug-likeness (QED) is 0.802. The van der Waals surface area contributed by atoms with Gasteiger partial charge in [0.05, 0.1) is 12.2 Å². The molecule has 1 aromatic carbocycles. The van der Waals surface area contributed by atoms with Crippen molar-refractivity contribution in [1.82, 2.24) is 0 Å². The van der Waals surface area contributed by atoms with E-state index in [2.05, 4.69) is 0 Å². The Hall–Kier alpha value is -2.02. The molecule has 1 amide bonds. The Morgan fingerprint density at radius 1 is 1.39 bits per heavy atom. The number of anilines is 1. The molecule has 1 aromatic rings. The molecule has 96 valence electrons. The Morgan fingerprint density at radius 2 is 2.00 bits per heavy atom. The van der Waals surface area contributed by atoms with Crippen molar-refractivity contribution in [2.45, 2.75) is 32.8 Å². The van der Waals surface area contributed by atoms with E-state index >= 15 is 0 Å². The first-order valence-corrected chi connectivity index (χ1v) is 5.95. The first-order chi connectivity index (χ1) is 8.54. The fraction of sp³-hybridized carbons (Fsp3) is 0.429. The highest BCUT2D eigenvalue weighted by Gasteiger charge is 2.10. The smallest absolute Gasteiger partial charge is 0.227 e. The van der Waals surface area contributed by atoms with Gasteiger partial charge < -0.3 is 9.64 Å². The first kappa shape index (κ1) is 14.0. The molecule has 0 N–H and O–H groups in total. The summed E-state index contributed by atoms with van der Waals surface area (Å²) < 4.78 is 5.53. The molecule has 0 bridgehead atoms. The first-order valence-electron chi connectivity index (χ1n) is 5.95. The van der Waals surface area contributed by atoms with Crippen LogP contribution in [0.15, 0.2) is 24.3 Å². The van der Waals surface area contributed by atoms with Crippen LogP contribution in [0.2, 0.25) is 0 Å². The molecule has 0 saturated carbocycles. The maximum atomic E-state index is 11.7. The molecule has 0 saturated heterocycles. The van der Waals surface area contributed by atoms with Gasteiger partial charge in [0, 0.05) is 25.6 Å². The van der Waals surface area contributed by atoms with Crippen LogP contribution in [0.5, 0.6) is 5.75 Å². The molecule has 0 aliphatic carbocycles. The van der Waals surface area contributed by atoms with Crippen molar-refractivity contribution in [2.75, 3.05) is 11.9 Å². The van der Waals surface area contributed by atoms with E-state index in [0.29, 0.717) is 0 Å². The zero-order valence-electron chi connectivity index (χ0n) is 11.0. The van der Waals surface area contributed by atoms with E-state index in [1.807, 2.05) is 44.2 Å². The molecular weight excluding hydrogens is 228 g/mol. The maximum Gasteiger partial charge on any atom is 0.227 e. The molecule has 0 aliphatic heterocycles. The Labute approximate surface area is 108 Å². The van der Waals surface area contributed by atoms with Crippen molar-refractivity contribution >= 4 is 11.6 Å². The molecule has 0 aliphatic rings. The van der Waals surface area contributed by atoms with Crippen molar-refractivity contribution in [2.24, 2.45) is 0 Å². The lowest BCUT2D eigenvalue weighted by molar-refractivity contribution is -0.118. The van der Waals surface area contributed by atoms with Gasteiger partial charge >= 0.3 is 0 Å². The molecule has 0 aromatic heterocycles. The SMILES string of the molecule is CC(C)Oc1ccc(N(C)C(=O)CCC#N)cc1. The van der Waals surface area contributed by atoms with Crippen LogP contribution in [0.4, 0.5) is 5.69 Å². The van der Waals surface area contributed by atoms with Crippen LogP contribution in [0.3, 0.4) is 0 Å². The summed E-state index contributed by atoms with van der Waals surface area (Å²) in [6, 6.07) is 9.31. The van der Waals surface area contributed by atoms with Gasteiger partial charge in [0.15, 0.2) is 0 Å². The van der Waals surface area contributed by atoms with Gasteiger partial charge in [-0.25, -0.2) is 0 Å². The van der Waals surface area contributed by atoms with E-state index in [1.54, 1.807) is 11.9 Å². The van der Waals surface area contributed by atoms with Crippen molar-refractivity contribution < 1.29 is 9.53 Å². The number of rotatable bonds is 5. The molecule has 0 radical (unpaired) electrons. The summed E-state index contributed by atoms with van der Waals surface area (Å²) in [4.78, 5) is 13.3. The van der Waals surface area contributed by atoms with Crippen molar-refractivity contribution in [3.63, 3.8) is 0 Å². The highest BCUT2D eigenvalue weighted by atomic mass is 16.5. The zero-order chi connectivity index (χ0) is 13.5. The lowest BCUT2D eigenvalue weighted by atomic mass is 10.2. The summed E-state index contributed by atoms with van der Waals surface area (Å²) in [5.74, 6) is 0.723. The highest BCUT2D eigenvalue weighted by Crippen LogP contribution is 2.20. The van der Waals surface area contributed by atoms with E-state index in [0.717, 1.165) is 11.4 Å². The number of carbonyl (C=O) groups is 1. The summed E-state index contributed by atoms with van der Waals surface area (Å²) >= 11 is 0. The van der Waals surface area contributed by atoms with E-state index in [-0.39, 0.29) is 24.9 Å². The summed E-state index contributed by atoms with van der Waals surface area (Å²) in [7, 11) is 1.71. The third-order valence-electron chi connectivity index (χ3n) is 2.42. The average Bonchev–Trinajstić information content (AvgIpc) is 2.35. The van der Waals surface area contributed by atoms with Crippen LogP contribution in [0.1, 0.15) is 26.7 Å². The average molecular weight is 246 g/mol. The van der Waals surface area contributed by atoms with Gasteiger partial charge in [-0.2, -0.15) is 5.26 Å². The number of benzene rings is 1. The number of hydrogen-bond acceptors (Lipinski definition) is 3. The van der Waals surface area contributed by atoms with E-state index in [4.69, 9.17) is 10.00 Å². The van der Waals surface area contributed by atoms with Gasteiger partial charge in [0.1, 0.15) is 5.75 Å². The predicted molar refractivity (Wildman–Crippen MR) is 70.5 cm³/mol. The number of carbonyl (C=O) groups excluding carboxylic acids is 1. The minimum atomic E-state index is -0.0610. The van der Waals surface area contributed by atoms with Gasteiger partial charge in [-0.05, 0) is 38.1 Å². The van der Waals surface area contributed by atoms with E-state index < -0.39 is 0 Å². The second kappa shape index (κ2) is 6.65. The fourth-order valence-corrected chi connectivity index (χ4v) is 1.50. The monoisotopic (exact) mass is 246 g/mol. The maximum absolute atomic E-state index is 11.7. The summed E-state index contributed by atoms with van der Waals surface area (Å²) in [6.07, 6.45) is 0.625. The van der Waals surface area contributed by atoms with Crippen LogP contribution in [-0.4, -0.2) is 19.1 Å². The van der Waals surface area contributed by atoms with Crippen molar-refractivity contribution in [1.29, 1.82) is 5.26 Å². The number of nitriles is 1. The number of hydrogen-bond donors (Lipinski definition) is 0. The van der Waals surface area contributed by atoms with Gasteiger partial charge in [0.2, 0.25) is 5.91 Å². The van der Waals surface area contributed by atoms with Gasteiger partial charge in [-0.15, -0.1) is 0 Å². The molecular formula is C14H18N2O2. The Balaban J connectivity index is 2.67. The molecule has 4 heteroatoms. The van der Waals surface area contributed by atoms with E-state index in [1.165, 1.54) is 0 Å². The summed E-state index contributed by atoms with van der Waals surface area (Å²) in [6.45, 7) is 3.93. The van der Waals surface area contributed by atoms with Crippen LogP contribution in [0, 0.1) is 11.3 Å². The minimum absolute atomic E-state index is 0.0610. The lowest BCUT2D eigenvalue weighted by Gasteiger charge is -2.17. The molecule has 0 atom stereocenters. The highest BCUT2D eigenvalue weighted by molar-refractivity contribution is 5.92. The Bertz CT molecular complexity index is 432. The molecule has 18 heavy (non-hydrogen) atoms. The molecule has 4 nitrogen and oxygen atoms in total. The number of nitrogens with zero attached hydrogens (tertiary/aromatic N) is 2. The van der Waals surface area contributed by atoms with Gasteiger partial charge in [-0.1, -0.05) is 0 Å². The number of ether oxygens (including phenoxy) is 1. The number of amides is 1. The van der Waals surface area contributed by atoms with Crippen LogP contribution in [-0.2, 0) is 4.79 Å². The normalized spacial score (nSPS) is 9.94. The molecule has 0 heterocycles. The topological polar surface area (TPSA) is 53.3 Å². The van der Waals surface area contributed by atoms with Crippen LogP contribution >= 0.6 is 0 Å². The fourth-order valence-electron chi connectivity index (χ4n) is 1.50. The molecule has 0 unspecified atom stereocenters. The Kier molecular flexibility index (Phi) is 5.19. The van der Waals surface area contributed by atoms with Crippen LogP contribution < -0.4 is 9.64 Å². The second-order valence-electron chi connectivity index (χ2n) is 4.27. The summed E-state index contributed by atoms with van der Waals surface area (Å²) in [5, 5.41) is 8.45. The van der Waals surface area contributed by atoms with Crippen molar-refractivity contribution in [3.8, 4) is 11.8 Å².